The minimum atomic E-state index is -0.469. The van der Waals surface area contributed by atoms with Gasteiger partial charge in [-0.05, 0) is 26.8 Å². The van der Waals surface area contributed by atoms with E-state index in [0.29, 0.717) is 5.70 Å². The number of hydrogen-bond donors (Lipinski definition) is 0. The van der Waals surface area contributed by atoms with Crippen LogP contribution >= 0.6 is 0 Å². The predicted molar refractivity (Wildman–Crippen MR) is 52.0 cm³/mol. The molecule has 0 fully saturated rings. The smallest absolute Gasteiger partial charge is 0.250 e. The van der Waals surface area contributed by atoms with E-state index < -0.39 is 6.04 Å². The highest BCUT2D eigenvalue weighted by Gasteiger charge is 2.21. The van der Waals surface area contributed by atoms with Gasteiger partial charge in [0.1, 0.15) is 0 Å². The number of carbonyl (C=O) groups excluding carboxylic acids is 2. The van der Waals surface area contributed by atoms with Crippen LogP contribution in [0.25, 0.3) is 0 Å². The molecule has 0 aliphatic heterocycles. The van der Waals surface area contributed by atoms with Crippen molar-refractivity contribution in [2.45, 2.75) is 26.8 Å². The minimum absolute atomic E-state index is 0.0711. The maximum Gasteiger partial charge on any atom is 0.250 e. The second-order valence-electron chi connectivity index (χ2n) is 2.93. The van der Waals surface area contributed by atoms with Gasteiger partial charge in [0.25, 0.3) is 5.91 Å². The fraction of sp³-hybridized carbons (Fsp3) is 0.400. The first-order valence-electron chi connectivity index (χ1n) is 4.03. The van der Waals surface area contributed by atoms with Crippen LogP contribution in [0.4, 0.5) is 0 Å². The van der Waals surface area contributed by atoms with Crippen LogP contribution < -0.4 is 0 Å². The Morgan fingerprint density at radius 1 is 1.38 bits per heavy atom. The van der Waals surface area contributed by atoms with E-state index in [0.717, 1.165) is 0 Å². The van der Waals surface area contributed by atoms with Crippen LogP contribution in [-0.4, -0.2) is 22.6 Å². The molecular formula is C10H15NO2. The van der Waals surface area contributed by atoms with Crippen molar-refractivity contribution in [2.75, 3.05) is 0 Å². The third-order valence-corrected chi connectivity index (χ3v) is 1.80. The predicted octanol–water partition coefficient (Wildman–Crippen LogP) is 1.51. The highest BCUT2D eigenvalue weighted by atomic mass is 16.2. The molecule has 0 rings (SSSR count). The maximum atomic E-state index is 11.3. The summed E-state index contributed by atoms with van der Waals surface area (Å²) in [5.74, 6) is -0.367. The molecule has 1 amide bonds. The molecule has 1 atom stereocenters. The lowest BCUT2D eigenvalue weighted by atomic mass is 10.2. The summed E-state index contributed by atoms with van der Waals surface area (Å²) in [7, 11) is 0. The van der Waals surface area contributed by atoms with Crippen LogP contribution in [0.2, 0.25) is 0 Å². The molecular weight excluding hydrogens is 166 g/mol. The number of Topliss-reactive ketones (excluding diaryl/α,β-unsaturated/α-hetero) is 1. The van der Waals surface area contributed by atoms with E-state index >= 15 is 0 Å². The first kappa shape index (κ1) is 11.6. The lowest BCUT2D eigenvalue weighted by molar-refractivity contribution is -0.132. The highest BCUT2D eigenvalue weighted by Crippen LogP contribution is 2.08. The number of amides is 1. The Bertz CT molecular complexity index is 256. The van der Waals surface area contributed by atoms with Crippen LogP contribution in [-0.2, 0) is 9.59 Å². The summed E-state index contributed by atoms with van der Waals surface area (Å²) >= 11 is 0. The maximum absolute atomic E-state index is 11.3. The summed E-state index contributed by atoms with van der Waals surface area (Å²) in [6, 6.07) is -0.469. The van der Waals surface area contributed by atoms with Gasteiger partial charge in [0.15, 0.2) is 5.78 Å². The van der Waals surface area contributed by atoms with E-state index in [9.17, 15) is 9.59 Å². The summed E-state index contributed by atoms with van der Waals surface area (Å²) in [6.07, 6.45) is 1.17. The summed E-state index contributed by atoms with van der Waals surface area (Å²) in [4.78, 5) is 23.7. The monoisotopic (exact) mass is 181 g/mol. The molecule has 0 aromatic heterocycles. The second kappa shape index (κ2) is 4.60. The number of carbonyl (C=O) groups is 2. The molecule has 72 valence electrons. The first-order chi connectivity index (χ1) is 5.91. The van der Waals surface area contributed by atoms with Gasteiger partial charge in [-0.2, -0.15) is 0 Å². The number of rotatable bonds is 4. The molecule has 0 heterocycles. The van der Waals surface area contributed by atoms with Gasteiger partial charge < -0.3 is 4.90 Å². The van der Waals surface area contributed by atoms with Gasteiger partial charge in [-0.25, -0.2) is 0 Å². The van der Waals surface area contributed by atoms with Crippen LogP contribution in [0.5, 0.6) is 0 Å². The molecule has 3 heteroatoms. The van der Waals surface area contributed by atoms with E-state index in [-0.39, 0.29) is 11.7 Å². The summed E-state index contributed by atoms with van der Waals surface area (Å²) < 4.78 is 0. The zero-order valence-corrected chi connectivity index (χ0v) is 8.33. The molecule has 0 aliphatic carbocycles. The van der Waals surface area contributed by atoms with E-state index in [4.69, 9.17) is 0 Å². The van der Waals surface area contributed by atoms with E-state index in [1.165, 1.54) is 17.9 Å². The minimum Gasteiger partial charge on any atom is -0.303 e. The Morgan fingerprint density at radius 3 is 2.08 bits per heavy atom. The van der Waals surface area contributed by atoms with Crippen molar-refractivity contribution < 1.29 is 9.59 Å². The van der Waals surface area contributed by atoms with Gasteiger partial charge in [0.05, 0.1) is 6.04 Å². The molecule has 0 radical (unpaired) electrons. The number of nitrogens with zero attached hydrogens (tertiary/aromatic N) is 1. The Morgan fingerprint density at radius 2 is 1.85 bits per heavy atom. The molecule has 0 aliphatic rings. The molecule has 0 aromatic carbocycles. The van der Waals surface area contributed by atoms with E-state index in [2.05, 4.69) is 13.2 Å². The molecule has 0 N–H and O–H groups in total. The topological polar surface area (TPSA) is 37.4 Å². The van der Waals surface area contributed by atoms with Crippen molar-refractivity contribution in [3.05, 3.63) is 24.9 Å². The summed E-state index contributed by atoms with van der Waals surface area (Å²) in [6.45, 7) is 11.8. The van der Waals surface area contributed by atoms with Gasteiger partial charge in [0, 0.05) is 5.70 Å². The second-order valence-corrected chi connectivity index (χ2v) is 2.93. The summed E-state index contributed by atoms with van der Waals surface area (Å²) in [5.41, 5.74) is 0.549. The fourth-order valence-electron chi connectivity index (χ4n) is 0.990. The fourth-order valence-corrected chi connectivity index (χ4v) is 0.990. The van der Waals surface area contributed by atoms with Crippen LogP contribution in [0.3, 0.4) is 0 Å². The zero-order valence-electron chi connectivity index (χ0n) is 8.33. The highest BCUT2D eigenvalue weighted by molar-refractivity contribution is 5.93. The third kappa shape index (κ3) is 2.86. The van der Waals surface area contributed by atoms with Gasteiger partial charge in [-0.3, -0.25) is 9.59 Å². The quantitative estimate of drug-likeness (QED) is 0.616. The lowest BCUT2D eigenvalue weighted by Gasteiger charge is -2.26. The third-order valence-electron chi connectivity index (χ3n) is 1.80. The van der Waals surface area contributed by atoms with Crippen LogP contribution in [0, 0.1) is 0 Å². The number of allylic oxidation sites excluding steroid dienone is 1. The molecule has 13 heavy (non-hydrogen) atoms. The SMILES string of the molecule is C=CC(=O)N(C(=C)C)C(C)C(C)=O. The molecule has 1 unspecified atom stereocenters. The standard InChI is InChI=1S/C10H15NO2/c1-6-10(13)11(7(2)3)8(4)9(5)12/h6,8H,1-2H2,3-5H3. The summed E-state index contributed by atoms with van der Waals surface area (Å²) in [5, 5.41) is 0. The molecule has 0 bridgehead atoms. The molecule has 0 spiro atoms. The average molecular weight is 181 g/mol. The number of hydrogen-bond acceptors (Lipinski definition) is 2. The van der Waals surface area contributed by atoms with Gasteiger partial charge in [-0.1, -0.05) is 13.2 Å². The Kier molecular flexibility index (Phi) is 4.11. The van der Waals surface area contributed by atoms with Crippen LogP contribution in [0.15, 0.2) is 24.9 Å². The molecule has 0 aromatic rings. The van der Waals surface area contributed by atoms with Gasteiger partial charge in [-0.15, -0.1) is 0 Å². The first-order valence-corrected chi connectivity index (χ1v) is 4.03. The Labute approximate surface area is 78.7 Å². The molecule has 0 saturated carbocycles. The van der Waals surface area contributed by atoms with Crippen molar-refractivity contribution in [1.82, 2.24) is 4.90 Å². The Balaban J connectivity index is 4.81. The van der Waals surface area contributed by atoms with E-state index in [1.807, 2.05) is 0 Å². The van der Waals surface area contributed by atoms with Crippen molar-refractivity contribution in [2.24, 2.45) is 0 Å². The molecule has 0 saturated heterocycles. The average Bonchev–Trinajstić information content (AvgIpc) is 2.03. The van der Waals surface area contributed by atoms with Gasteiger partial charge in [0.2, 0.25) is 0 Å². The van der Waals surface area contributed by atoms with Crippen molar-refractivity contribution in [3.63, 3.8) is 0 Å². The largest absolute Gasteiger partial charge is 0.303 e. The lowest BCUT2D eigenvalue weighted by Crippen LogP contribution is -2.39. The van der Waals surface area contributed by atoms with Crippen LogP contribution in [0.1, 0.15) is 20.8 Å². The van der Waals surface area contributed by atoms with Gasteiger partial charge >= 0.3 is 0 Å². The van der Waals surface area contributed by atoms with Crippen molar-refractivity contribution in [3.8, 4) is 0 Å². The number of ketones is 1. The molecule has 3 nitrogen and oxygen atoms in total. The van der Waals surface area contributed by atoms with Crippen molar-refractivity contribution >= 4 is 11.7 Å². The zero-order chi connectivity index (χ0) is 10.6. The Hall–Kier alpha value is -1.38. The normalized spacial score (nSPS) is 11.6. The van der Waals surface area contributed by atoms with Crippen molar-refractivity contribution in [1.29, 1.82) is 0 Å². The van der Waals surface area contributed by atoms with E-state index in [1.54, 1.807) is 13.8 Å².